The maximum atomic E-state index is 14.4. The van der Waals surface area contributed by atoms with Gasteiger partial charge in [0.1, 0.15) is 0 Å². The number of halogens is 3. The summed E-state index contributed by atoms with van der Waals surface area (Å²) >= 11 is 1.07. The van der Waals surface area contributed by atoms with Gasteiger partial charge in [-0.05, 0) is 48.9 Å². The average molecular weight is 590 g/mol. The minimum absolute atomic E-state index is 0.0855. The summed E-state index contributed by atoms with van der Waals surface area (Å²) in [5.41, 5.74) is 3.05. The number of aryl methyl sites for hydroxylation is 1. The molecule has 4 aromatic rings. The molecule has 2 aliphatic rings. The molecule has 1 spiro atoms. The number of nitrogens with zero attached hydrogens (tertiary/aromatic N) is 2. The fourth-order valence-electron chi connectivity index (χ4n) is 6.39. The van der Waals surface area contributed by atoms with E-state index in [1.165, 1.54) is 23.8 Å². The van der Waals surface area contributed by atoms with Crippen LogP contribution in [0.4, 0.5) is 18.9 Å². The molecule has 0 radical (unpaired) electrons. The Bertz CT molecular complexity index is 1680. The summed E-state index contributed by atoms with van der Waals surface area (Å²) < 4.78 is 42.1. The van der Waals surface area contributed by atoms with Crippen LogP contribution in [0.3, 0.4) is 0 Å². The summed E-state index contributed by atoms with van der Waals surface area (Å²) in [5, 5.41) is 2.79. The van der Waals surface area contributed by atoms with Crippen molar-refractivity contribution in [2.75, 3.05) is 11.1 Å². The summed E-state index contributed by atoms with van der Waals surface area (Å²) in [6, 6.07) is 22.8. The molecule has 2 aliphatic carbocycles. The van der Waals surface area contributed by atoms with Gasteiger partial charge in [-0.2, -0.15) is 13.2 Å². The van der Waals surface area contributed by atoms with Crippen molar-refractivity contribution in [2.24, 2.45) is 0 Å². The molecule has 5 nitrogen and oxygen atoms in total. The van der Waals surface area contributed by atoms with E-state index >= 15 is 0 Å². The quantitative estimate of drug-likeness (QED) is 0.182. The van der Waals surface area contributed by atoms with E-state index in [9.17, 15) is 22.8 Å². The van der Waals surface area contributed by atoms with Crippen molar-refractivity contribution in [1.29, 1.82) is 0 Å². The number of carbonyl (C=O) groups excluding carboxylic acids is 1. The Morgan fingerprint density at radius 2 is 1.64 bits per heavy atom. The Balaban J connectivity index is 1.37. The van der Waals surface area contributed by atoms with Gasteiger partial charge in [-0.25, -0.2) is 4.98 Å². The average Bonchev–Trinajstić information content (AvgIpc) is 3.44. The number of nitrogens with one attached hydrogen (secondary N) is 1. The van der Waals surface area contributed by atoms with E-state index in [0.29, 0.717) is 23.8 Å². The molecule has 0 atom stereocenters. The molecule has 1 saturated carbocycles. The molecular formula is C33H30F3N3O2S. The fraction of sp³-hybridized carbons (Fsp3) is 0.303. The zero-order chi connectivity index (χ0) is 29.3. The minimum Gasteiger partial charge on any atom is -0.325 e. The third kappa shape index (κ3) is 5.50. The molecule has 42 heavy (non-hydrogen) atoms. The second-order valence-electron chi connectivity index (χ2n) is 11.0. The second-order valence-corrected chi connectivity index (χ2v) is 12.0. The van der Waals surface area contributed by atoms with Gasteiger partial charge in [0, 0.05) is 17.5 Å². The number of hydrogen-bond donors (Lipinski definition) is 1. The van der Waals surface area contributed by atoms with Gasteiger partial charge in [-0.3, -0.25) is 14.2 Å². The number of rotatable bonds is 7. The summed E-state index contributed by atoms with van der Waals surface area (Å²) in [5.74, 6) is -0.804. The lowest BCUT2D eigenvalue weighted by Gasteiger charge is -2.36. The zero-order valence-corrected chi connectivity index (χ0v) is 23.7. The number of alkyl halides is 3. The van der Waals surface area contributed by atoms with Crippen molar-refractivity contribution in [3.05, 3.63) is 111 Å². The molecule has 0 bridgehead atoms. The van der Waals surface area contributed by atoms with Gasteiger partial charge in [0.05, 0.1) is 28.3 Å². The summed E-state index contributed by atoms with van der Waals surface area (Å²) in [6.45, 7) is 0.377. The Labute approximate surface area is 246 Å². The second kappa shape index (κ2) is 11.4. The first-order valence-corrected chi connectivity index (χ1v) is 15.1. The van der Waals surface area contributed by atoms with Crippen LogP contribution in [0.5, 0.6) is 0 Å². The van der Waals surface area contributed by atoms with E-state index in [-0.39, 0.29) is 22.4 Å². The number of hydrogen-bond acceptors (Lipinski definition) is 4. The van der Waals surface area contributed by atoms with Gasteiger partial charge in [0.2, 0.25) is 5.91 Å². The van der Waals surface area contributed by atoms with Crippen LogP contribution in [0, 0.1) is 0 Å². The molecule has 216 valence electrons. The highest BCUT2D eigenvalue weighted by molar-refractivity contribution is 7.99. The van der Waals surface area contributed by atoms with E-state index in [0.717, 1.165) is 66.6 Å². The van der Waals surface area contributed by atoms with E-state index in [2.05, 4.69) is 11.4 Å². The number of carbonyl (C=O) groups is 1. The lowest BCUT2D eigenvalue weighted by Crippen LogP contribution is -2.40. The standard InChI is InChI=1S/C33H30F3N3O2S/c34-33(35,36)25-14-6-7-15-26(25)37-27(40)21-42-31-38-29-24-13-5-4-12-23(24)20-32(17-8-9-18-32)28(29)30(41)39(31)19-16-22-10-2-1-3-11-22/h1-7,10-15H,8-9,16-21H2,(H,37,40). The maximum Gasteiger partial charge on any atom is 0.418 e. The predicted octanol–water partition coefficient (Wildman–Crippen LogP) is 7.27. The minimum atomic E-state index is -4.60. The molecule has 1 amide bonds. The smallest absolute Gasteiger partial charge is 0.325 e. The Morgan fingerprint density at radius 3 is 2.40 bits per heavy atom. The van der Waals surface area contributed by atoms with E-state index < -0.39 is 17.6 Å². The van der Waals surface area contributed by atoms with Crippen LogP contribution in [0.25, 0.3) is 11.3 Å². The Hall–Kier alpha value is -3.85. The lowest BCUT2D eigenvalue weighted by atomic mass is 9.68. The predicted molar refractivity (Wildman–Crippen MR) is 159 cm³/mol. The van der Waals surface area contributed by atoms with Crippen LogP contribution >= 0.6 is 11.8 Å². The maximum absolute atomic E-state index is 14.4. The first-order chi connectivity index (χ1) is 20.2. The molecule has 1 fully saturated rings. The molecule has 1 aromatic heterocycles. The normalized spacial score (nSPS) is 15.3. The van der Waals surface area contributed by atoms with E-state index in [1.807, 2.05) is 48.5 Å². The molecule has 0 unspecified atom stereocenters. The Kier molecular flexibility index (Phi) is 7.70. The van der Waals surface area contributed by atoms with Crippen LogP contribution < -0.4 is 10.9 Å². The molecule has 0 aliphatic heterocycles. The number of anilines is 1. The monoisotopic (exact) mass is 589 g/mol. The first-order valence-electron chi connectivity index (χ1n) is 14.1. The molecule has 1 heterocycles. The lowest BCUT2D eigenvalue weighted by molar-refractivity contribution is -0.137. The van der Waals surface area contributed by atoms with Crippen LogP contribution in [0.15, 0.2) is 88.8 Å². The number of benzene rings is 3. The number of aromatic nitrogens is 2. The largest absolute Gasteiger partial charge is 0.418 e. The van der Waals surface area contributed by atoms with Gasteiger partial charge in [0.25, 0.3) is 5.56 Å². The Morgan fingerprint density at radius 1 is 0.952 bits per heavy atom. The van der Waals surface area contributed by atoms with Crippen molar-refractivity contribution in [2.45, 2.75) is 61.8 Å². The van der Waals surface area contributed by atoms with Crippen LogP contribution in [-0.2, 0) is 35.8 Å². The first kappa shape index (κ1) is 28.3. The van der Waals surface area contributed by atoms with Crippen molar-refractivity contribution >= 4 is 23.4 Å². The highest BCUT2D eigenvalue weighted by atomic mass is 32.2. The zero-order valence-electron chi connectivity index (χ0n) is 22.9. The van der Waals surface area contributed by atoms with Gasteiger partial charge >= 0.3 is 6.18 Å². The fourth-order valence-corrected chi connectivity index (χ4v) is 7.21. The van der Waals surface area contributed by atoms with Crippen molar-refractivity contribution < 1.29 is 18.0 Å². The van der Waals surface area contributed by atoms with Gasteiger partial charge in [-0.1, -0.05) is 91.3 Å². The van der Waals surface area contributed by atoms with Crippen LogP contribution in [-0.4, -0.2) is 21.2 Å². The number of para-hydroxylation sites is 1. The van der Waals surface area contributed by atoms with Gasteiger partial charge < -0.3 is 5.32 Å². The molecular weight excluding hydrogens is 559 g/mol. The molecule has 3 aromatic carbocycles. The number of fused-ring (bicyclic) bond motifs is 4. The van der Waals surface area contributed by atoms with E-state index in [4.69, 9.17) is 4.98 Å². The third-order valence-corrected chi connectivity index (χ3v) is 9.31. The van der Waals surface area contributed by atoms with Crippen molar-refractivity contribution in [1.82, 2.24) is 9.55 Å². The van der Waals surface area contributed by atoms with Gasteiger partial charge in [0.15, 0.2) is 5.16 Å². The molecule has 9 heteroatoms. The van der Waals surface area contributed by atoms with Crippen LogP contribution in [0.1, 0.15) is 47.9 Å². The molecule has 6 rings (SSSR count). The highest BCUT2D eigenvalue weighted by Crippen LogP contribution is 2.50. The summed E-state index contributed by atoms with van der Waals surface area (Å²) in [4.78, 5) is 32.4. The highest BCUT2D eigenvalue weighted by Gasteiger charge is 2.44. The number of thioether (sulfide) groups is 1. The topological polar surface area (TPSA) is 64.0 Å². The summed E-state index contributed by atoms with van der Waals surface area (Å²) in [7, 11) is 0. The van der Waals surface area contributed by atoms with E-state index in [1.54, 1.807) is 4.57 Å². The van der Waals surface area contributed by atoms with Crippen molar-refractivity contribution in [3.8, 4) is 11.3 Å². The SMILES string of the molecule is O=C(CSc1nc2c(c(=O)n1CCc1ccccc1)C1(CCCC1)Cc1ccccc1-2)Nc1ccccc1C(F)(F)F. The molecule has 0 saturated heterocycles. The molecule has 1 N–H and O–H groups in total. The van der Waals surface area contributed by atoms with Gasteiger partial charge in [-0.15, -0.1) is 0 Å². The van der Waals surface area contributed by atoms with Crippen molar-refractivity contribution in [3.63, 3.8) is 0 Å². The van der Waals surface area contributed by atoms with Crippen LogP contribution in [0.2, 0.25) is 0 Å². The third-order valence-electron chi connectivity index (χ3n) is 8.33. The number of amides is 1. The summed E-state index contributed by atoms with van der Waals surface area (Å²) in [6.07, 6.45) is 0.776.